The monoisotopic (exact) mass is 473 g/mol. The number of hydrogen-bond acceptors (Lipinski definition) is 5. The number of benzene rings is 2. The van der Waals surface area contributed by atoms with E-state index in [2.05, 4.69) is 21.2 Å². The van der Waals surface area contributed by atoms with Gasteiger partial charge in [0.25, 0.3) is 11.8 Å². The van der Waals surface area contributed by atoms with Gasteiger partial charge in [-0.1, -0.05) is 6.07 Å². The van der Waals surface area contributed by atoms with Crippen molar-refractivity contribution in [1.82, 2.24) is 5.32 Å². The Labute approximate surface area is 183 Å². The first-order valence-corrected chi connectivity index (χ1v) is 10.1. The summed E-state index contributed by atoms with van der Waals surface area (Å²) >= 11 is 8.75. The van der Waals surface area contributed by atoms with E-state index in [1.165, 1.54) is 4.90 Å². The van der Waals surface area contributed by atoms with Gasteiger partial charge in [-0.15, -0.1) is 0 Å². The number of hydrogen-bond donors (Lipinski definition) is 1. The number of nitrogens with zero attached hydrogens (tertiary/aromatic N) is 2. The summed E-state index contributed by atoms with van der Waals surface area (Å²) in [6, 6.07) is 12.6. The highest BCUT2D eigenvalue weighted by Crippen LogP contribution is 2.28. The van der Waals surface area contributed by atoms with Crippen molar-refractivity contribution in [3.63, 3.8) is 0 Å². The predicted molar refractivity (Wildman–Crippen MR) is 122 cm³/mol. The number of thiocarbonyl (C=S) groups is 1. The molecule has 1 aliphatic rings. The molecule has 0 aromatic heterocycles. The molecule has 8 heteroatoms. The molecule has 1 N–H and O–H groups in total. The summed E-state index contributed by atoms with van der Waals surface area (Å²) in [5.74, 6) is -0.303. The summed E-state index contributed by atoms with van der Waals surface area (Å²) < 4.78 is 6.29. The van der Waals surface area contributed by atoms with Crippen LogP contribution >= 0.6 is 28.1 Å². The second-order valence-corrected chi connectivity index (χ2v) is 7.73. The average Bonchev–Trinajstić information content (AvgIpc) is 2.66. The summed E-state index contributed by atoms with van der Waals surface area (Å²) in [5.41, 5.74) is 2.28. The van der Waals surface area contributed by atoms with Crippen molar-refractivity contribution < 1.29 is 14.3 Å². The van der Waals surface area contributed by atoms with Gasteiger partial charge in [-0.3, -0.25) is 19.8 Å². The van der Waals surface area contributed by atoms with Gasteiger partial charge >= 0.3 is 0 Å². The standard InChI is InChI=1S/C21H20BrN3O3S/c1-4-28-15-8-6-14(7-9-15)25-20(27)16(19(26)23-21(25)29)11-13-5-10-18(24(2)3)17(22)12-13/h5-12H,4H2,1-3H3,(H,23,26,29). The normalized spacial score (nSPS) is 15.5. The number of carbonyl (C=O) groups excluding carboxylic acids is 2. The fourth-order valence-corrected chi connectivity index (χ4v) is 3.92. The lowest BCUT2D eigenvalue weighted by Gasteiger charge is -2.29. The molecule has 0 bridgehead atoms. The zero-order valence-corrected chi connectivity index (χ0v) is 18.6. The van der Waals surface area contributed by atoms with E-state index in [-0.39, 0.29) is 10.7 Å². The Morgan fingerprint density at radius 2 is 1.86 bits per heavy atom. The minimum absolute atomic E-state index is 0.0111. The van der Waals surface area contributed by atoms with Gasteiger partial charge in [-0.05, 0) is 83.1 Å². The van der Waals surface area contributed by atoms with Crippen LogP contribution < -0.4 is 19.9 Å². The average molecular weight is 474 g/mol. The van der Waals surface area contributed by atoms with Crippen LogP contribution in [0.15, 0.2) is 52.5 Å². The smallest absolute Gasteiger partial charge is 0.270 e. The summed E-state index contributed by atoms with van der Waals surface area (Å²) in [7, 11) is 3.87. The minimum atomic E-state index is -0.519. The van der Waals surface area contributed by atoms with Gasteiger partial charge in [-0.25, -0.2) is 0 Å². The molecule has 0 atom stereocenters. The highest BCUT2D eigenvalue weighted by Gasteiger charge is 2.34. The molecule has 1 aliphatic heterocycles. The molecule has 1 fully saturated rings. The molecule has 2 amide bonds. The first-order valence-electron chi connectivity index (χ1n) is 8.93. The molecule has 1 saturated heterocycles. The molecule has 0 radical (unpaired) electrons. The molecule has 0 unspecified atom stereocenters. The SMILES string of the molecule is CCOc1ccc(N2C(=O)C(=Cc3ccc(N(C)C)c(Br)c3)C(=O)NC2=S)cc1. The third-order valence-electron chi connectivity index (χ3n) is 4.27. The number of halogens is 1. The molecular weight excluding hydrogens is 454 g/mol. The summed E-state index contributed by atoms with van der Waals surface area (Å²) in [5, 5.41) is 2.64. The Morgan fingerprint density at radius 1 is 1.17 bits per heavy atom. The van der Waals surface area contributed by atoms with Crippen LogP contribution in [0.3, 0.4) is 0 Å². The molecule has 29 heavy (non-hydrogen) atoms. The van der Waals surface area contributed by atoms with E-state index in [0.29, 0.717) is 18.0 Å². The third kappa shape index (κ3) is 4.49. The number of nitrogens with one attached hydrogen (secondary N) is 1. The van der Waals surface area contributed by atoms with Crippen LogP contribution in [-0.4, -0.2) is 37.6 Å². The third-order valence-corrected chi connectivity index (χ3v) is 5.19. The van der Waals surface area contributed by atoms with Crippen molar-refractivity contribution in [3.8, 4) is 5.75 Å². The molecule has 3 rings (SSSR count). The first kappa shape index (κ1) is 21.0. The van der Waals surface area contributed by atoms with Crippen LogP contribution in [0.5, 0.6) is 5.75 Å². The van der Waals surface area contributed by atoms with Crippen molar-refractivity contribution in [2.45, 2.75) is 6.92 Å². The lowest BCUT2D eigenvalue weighted by molar-refractivity contribution is -0.122. The minimum Gasteiger partial charge on any atom is -0.494 e. The quantitative estimate of drug-likeness (QED) is 0.407. The second kappa shape index (κ2) is 8.75. The summed E-state index contributed by atoms with van der Waals surface area (Å²) in [6.45, 7) is 2.44. The lowest BCUT2D eigenvalue weighted by atomic mass is 10.1. The predicted octanol–water partition coefficient (Wildman–Crippen LogP) is 3.75. The van der Waals surface area contributed by atoms with E-state index in [1.807, 2.05) is 44.1 Å². The molecule has 0 saturated carbocycles. The van der Waals surface area contributed by atoms with Gasteiger partial charge in [0.05, 0.1) is 18.0 Å². The number of carbonyl (C=O) groups is 2. The second-order valence-electron chi connectivity index (χ2n) is 6.49. The van der Waals surface area contributed by atoms with E-state index < -0.39 is 11.8 Å². The molecule has 0 spiro atoms. The topological polar surface area (TPSA) is 61.9 Å². The molecule has 2 aromatic carbocycles. The van der Waals surface area contributed by atoms with Crippen molar-refractivity contribution in [2.75, 3.05) is 30.5 Å². The zero-order chi connectivity index (χ0) is 21.1. The maximum atomic E-state index is 13.1. The molecular formula is C21H20BrN3O3S. The van der Waals surface area contributed by atoms with Crippen LogP contribution in [0, 0.1) is 0 Å². The van der Waals surface area contributed by atoms with Gasteiger partial charge in [0, 0.05) is 18.6 Å². The number of ether oxygens (including phenoxy) is 1. The Bertz CT molecular complexity index is 1000. The van der Waals surface area contributed by atoms with Crippen LogP contribution in [0.2, 0.25) is 0 Å². The van der Waals surface area contributed by atoms with Gasteiger partial charge in [0.1, 0.15) is 11.3 Å². The largest absolute Gasteiger partial charge is 0.494 e. The van der Waals surface area contributed by atoms with E-state index in [4.69, 9.17) is 17.0 Å². The molecule has 6 nitrogen and oxygen atoms in total. The summed E-state index contributed by atoms with van der Waals surface area (Å²) in [6.07, 6.45) is 1.56. The van der Waals surface area contributed by atoms with Crippen LogP contribution in [-0.2, 0) is 9.59 Å². The van der Waals surface area contributed by atoms with Gasteiger partial charge in [-0.2, -0.15) is 0 Å². The Morgan fingerprint density at radius 3 is 2.45 bits per heavy atom. The molecule has 1 heterocycles. The lowest BCUT2D eigenvalue weighted by Crippen LogP contribution is -2.54. The van der Waals surface area contributed by atoms with Crippen molar-refractivity contribution >= 4 is 62.5 Å². The molecule has 150 valence electrons. The Balaban J connectivity index is 1.94. The van der Waals surface area contributed by atoms with Crippen LogP contribution in [0.1, 0.15) is 12.5 Å². The maximum absolute atomic E-state index is 13.1. The highest BCUT2D eigenvalue weighted by atomic mass is 79.9. The first-order chi connectivity index (χ1) is 13.8. The van der Waals surface area contributed by atoms with Crippen molar-refractivity contribution in [2.24, 2.45) is 0 Å². The number of amides is 2. The maximum Gasteiger partial charge on any atom is 0.270 e. The zero-order valence-electron chi connectivity index (χ0n) is 16.2. The Hall–Kier alpha value is -2.71. The van der Waals surface area contributed by atoms with Gasteiger partial charge in [0.15, 0.2) is 5.11 Å². The van der Waals surface area contributed by atoms with Gasteiger partial charge < -0.3 is 9.64 Å². The van der Waals surface area contributed by atoms with E-state index in [1.54, 1.807) is 30.3 Å². The summed E-state index contributed by atoms with van der Waals surface area (Å²) in [4.78, 5) is 28.8. The van der Waals surface area contributed by atoms with E-state index in [9.17, 15) is 9.59 Å². The van der Waals surface area contributed by atoms with Crippen molar-refractivity contribution in [1.29, 1.82) is 0 Å². The Kier molecular flexibility index (Phi) is 6.34. The van der Waals surface area contributed by atoms with E-state index in [0.717, 1.165) is 15.7 Å². The molecule has 0 aliphatic carbocycles. The van der Waals surface area contributed by atoms with Crippen molar-refractivity contribution in [3.05, 3.63) is 58.1 Å². The fourth-order valence-electron chi connectivity index (χ4n) is 2.89. The van der Waals surface area contributed by atoms with Gasteiger partial charge in [0.2, 0.25) is 0 Å². The number of rotatable bonds is 5. The number of anilines is 2. The van der Waals surface area contributed by atoms with Crippen LogP contribution in [0.4, 0.5) is 11.4 Å². The molecule has 2 aromatic rings. The fraction of sp³-hybridized carbons (Fsp3) is 0.190. The highest BCUT2D eigenvalue weighted by molar-refractivity contribution is 9.10. The van der Waals surface area contributed by atoms with Crippen LogP contribution in [0.25, 0.3) is 6.08 Å². The van der Waals surface area contributed by atoms with E-state index >= 15 is 0 Å².